The Kier molecular flexibility index (Phi) is 2.98. The lowest BCUT2D eigenvalue weighted by atomic mass is 10.0. The first-order chi connectivity index (χ1) is 11.8. The lowest BCUT2D eigenvalue weighted by molar-refractivity contribution is 0.913. The molecule has 0 bridgehead atoms. The molecule has 0 aliphatic heterocycles. The molecule has 5 aromatic rings. The van der Waals surface area contributed by atoms with E-state index in [0.717, 1.165) is 6.42 Å². The Morgan fingerprint density at radius 1 is 0.917 bits per heavy atom. The van der Waals surface area contributed by atoms with Crippen molar-refractivity contribution in [2.45, 2.75) is 19.8 Å². The van der Waals surface area contributed by atoms with E-state index >= 15 is 0 Å². The zero-order valence-corrected chi connectivity index (χ0v) is 14.8. The molecule has 0 saturated carbocycles. The summed E-state index contributed by atoms with van der Waals surface area (Å²) in [5, 5.41) is 5.63. The molecule has 3 aromatic carbocycles. The summed E-state index contributed by atoms with van der Waals surface area (Å²) in [4.78, 5) is 0. The number of aryl methyl sites for hydroxylation is 2. The van der Waals surface area contributed by atoms with Crippen molar-refractivity contribution in [2.75, 3.05) is 0 Å². The van der Waals surface area contributed by atoms with Crippen LogP contribution >= 0.6 is 11.3 Å². The smallest absolute Gasteiger partial charge is 0.0536 e. The fourth-order valence-electron chi connectivity index (χ4n) is 4.10. The van der Waals surface area contributed by atoms with E-state index in [1.165, 1.54) is 54.0 Å². The van der Waals surface area contributed by atoms with E-state index in [-0.39, 0.29) is 0 Å². The molecule has 0 amide bonds. The van der Waals surface area contributed by atoms with Crippen LogP contribution in [0, 0.1) is 0 Å². The summed E-state index contributed by atoms with van der Waals surface area (Å²) in [6.45, 7) is 2.27. The SMILES string of the molecule is CCCc1cc2c3ccccc3sc2c2c3ccccc3n(C)c12. The first-order valence-electron chi connectivity index (χ1n) is 8.60. The van der Waals surface area contributed by atoms with Crippen molar-refractivity contribution in [1.29, 1.82) is 0 Å². The van der Waals surface area contributed by atoms with Crippen LogP contribution in [-0.4, -0.2) is 4.57 Å². The van der Waals surface area contributed by atoms with Crippen LogP contribution in [0.2, 0.25) is 0 Å². The lowest BCUT2D eigenvalue weighted by Crippen LogP contribution is -1.93. The summed E-state index contributed by atoms with van der Waals surface area (Å²) in [5.41, 5.74) is 4.22. The molecule has 0 spiro atoms. The molecule has 24 heavy (non-hydrogen) atoms. The van der Waals surface area contributed by atoms with Crippen LogP contribution in [0.15, 0.2) is 54.6 Å². The molecule has 2 heterocycles. The maximum absolute atomic E-state index is 2.44. The highest BCUT2D eigenvalue weighted by atomic mass is 32.1. The molecule has 2 heteroatoms. The van der Waals surface area contributed by atoms with Gasteiger partial charge in [-0.2, -0.15) is 0 Å². The van der Waals surface area contributed by atoms with Crippen LogP contribution < -0.4 is 0 Å². The third-order valence-electron chi connectivity index (χ3n) is 5.11. The zero-order chi connectivity index (χ0) is 16.3. The van der Waals surface area contributed by atoms with E-state index < -0.39 is 0 Å². The van der Waals surface area contributed by atoms with Crippen LogP contribution in [0.25, 0.3) is 42.0 Å². The second-order valence-corrected chi connectivity index (χ2v) is 7.61. The molecular weight excluding hydrogens is 310 g/mol. The monoisotopic (exact) mass is 329 g/mol. The molecule has 0 aliphatic carbocycles. The fourth-order valence-corrected chi connectivity index (χ4v) is 5.34. The fraction of sp³-hybridized carbons (Fsp3) is 0.182. The Morgan fingerprint density at radius 2 is 1.67 bits per heavy atom. The minimum atomic E-state index is 1.13. The predicted molar refractivity (Wildman–Crippen MR) is 107 cm³/mol. The summed E-state index contributed by atoms with van der Waals surface area (Å²) in [6, 6.07) is 20.1. The Hall–Kier alpha value is -2.32. The Labute approximate surface area is 145 Å². The van der Waals surface area contributed by atoms with Crippen LogP contribution in [-0.2, 0) is 13.5 Å². The molecule has 5 rings (SSSR count). The van der Waals surface area contributed by atoms with Crippen molar-refractivity contribution in [3.63, 3.8) is 0 Å². The third-order valence-corrected chi connectivity index (χ3v) is 6.31. The van der Waals surface area contributed by atoms with Gasteiger partial charge in [-0.15, -0.1) is 11.3 Å². The minimum absolute atomic E-state index is 1.13. The van der Waals surface area contributed by atoms with E-state index in [0.29, 0.717) is 0 Å². The van der Waals surface area contributed by atoms with E-state index in [2.05, 4.69) is 73.1 Å². The van der Waals surface area contributed by atoms with Gasteiger partial charge in [-0.3, -0.25) is 0 Å². The van der Waals surface area contributed by atoms with Gasteiger partial charge < -0.3 is 4.57 Å². The van der Waals surface area contributed by atoms with Crippen LogP contribution in [0.3, 0.4) is 0 Å². The normalized spacial score (nSPS) is 12.1. The number of hydrogen-bond acceptors (Lipinski definition) is 1. The molecule has 1 nitrogen and oxygen atoms in total. The molecule has 0 N–H and O–H groups in total. The average Bonchev–Trinajstić information content (AvgIpc) is 3.12. The Balaban J connectivity index is 2.12. The Bertz CT molecular complexity index is 1220. The highest BCUT2D eigenvalue weighted by Crippen LogP contribution is 2.43. The number of benzene rings is 3. The van der Waals surface area contributed by atoms with E-state index in [4.69, 9.17) is 0 Å². The van der Waals surface area contributed by atoms with Gasteiger partial charge in [-0.05, 0) is 30.2 Å². The second-order valence-electron chi connectivity index (χ2n) is 6.56. The number of thiophene rings is 1. The third kappa shape index (κ3) is 1.75. The highest BCUT2D eigenvalue weighted by molar-refractivity contribution is 7.26. The van der Waals surface area contributed by atoms with Gasteiger partial charge in [0, 0.05) is 43.5 Å². The largest absolute Gasteiger partial charge is 0.343 e. The molecule has 0 unspecified atom stereocenters. The number of nitrogens with zero attached hydrogens (tertiary/aromatic N) is 1. The summed E-state index contributed by atoms with van der Waals surface area (Å²) in [5.74, 6) is 0. The molecular formula is C22H19NS. The quantitative estimate of drug-likeness (QED) is 0.341. The van der Waals surface area contributed by atoms with Crippen molar-refractivity contribution < 1.29 is 0 Å². The van der Waals surface area contributed by atoms with Crippen LogP contribution in [0.1, 0.15) is 18.9 Å². The van der Waals surface area contributed by atoms with Crippen molar-refractivity contribution >= 4 is 53.3 Å². The van der Waals surface area contributed by atoms with Crippen LogP contribution in [0.4, 0.5) is 0 Å². The number of rotatable bonds is 2. The number of fused-ring (bicyclic) bond motifs is 7. The van der Waals surface area contributed by atoms with Gasteiger partial charge in [-0.25, -0.2) is 0 Å². The van der Waals surface area contributed by atoms with Crippen molar-refractivity contribution in [1.82, 2.24) is 4.57 Å². The standard InChI is InChI=1S/C22H19NS/c1-3-8-14-13-17-15-9-5-7-12-19(15)24-22(17)20-16-10-4-6-11-18(16)23(2)21(14)20/h4-7,9-13H,3,8H2,1-2H3. The van der Waals surface area contributed by atoms with Crippen LogP contribution in [0.5, 0.6) is 0 Å². The summed E-state index contributed by atoms with van der Waals surface area (Å²) in [6.07, 6.45) is 2.30. The molecule has 0 aliphatic rings. The van der Waals surface area contributed by atoms with Gasteiger partial charge in [0.2, 0.25) is 0 Å². The average molecular weight is 329 g/mol. The maximum atomic E-state index is 2.44. The van der Waals surface area contributed by atoms with Crippen molar-refractivity contribution in [3.8, 4) is 0 Å². The van der Waals surface area contributed by atoms with Gasteiger partial charge in [0.1, 0.15) is 0 Å². The molecule has 118 valence electrons. The first kappa shape index (κ1) is 14.1. The summed E-state index contributed by atoms with van der Waals surface area (Å²) < 4.78 is 5.21. The highest BCUT2D eigenvalue weighted by Gasteiger charge is 2.17. The minimum Gasteiger partial charge on any atom is -0.343 e. The second kappa shape index (κ2) is 5.09. The molecule has 2 aromatic heterocycles. The zero-order valence-electron chi connectivity index (χ0n) is 14.0. The number of para-hydroxylation sites is 1. The summed E-state index contributed by atoms with van der Waals surface area (Å²) in [7, 11) is 2.21. The first-order valence-corrected chi connectivity index (χ1v) is 9.41. The predicted octanol–water partition coefficient (Wildman–Crippen LogP) is 6.65. The van der Waals surface area contributed by atoms with Gasteiger partial charge in [-0.1, -0.05) is 49.7 Å². The van der Waals surface area contributed by atoms with Crippen molar-refractivity contribution in [3.05, 3.63) is 60.2 Å². The van der Waals surface area contributed by atoms with E-state index in [1.54, 1.807) is 0 Å². The lowest BCUT2D eigenvalue weighted by Gasteiger charge is -2.07. The van der Waals surface area contributed by atoms with Gasteiger partial charge >= 0.3 is 0 Å². The van der Waals surface area contributed by atoms with Crippen molar-refractivity contribution in [2.24, 2.45) is 7.05 Å². The molecule has 0 fully saturated rings. The van der Waals surface area contributed by atoms with Gasteiger partial charge in [0.25, 0.3) is 0 Å². The topological polar surface area (TPSA) is 4.93 Å². The maximum Gasteiger partial charge on any atom is 0.0536 e. The van der Waals surface area contributed by atoms with Gasteiger partial charge in [0.15, 0.2) is 0 Å². The number of aromatic nitrogens is 1. The molecule has 0 saturated heterocycles. The van der Waals surface area contributed by atoms with Gasteiger partial charge in [0.05, 0.1) is 5.52 Å². The Morgan fingerprint density at radius 3 is 2.50 bits per heavy atom. The van der Waals surface area contributed by atoms with E-state index in [1.807, 2.05) is 11.3 Å². The number of hydrogen-bond donors (Lipinski definition) is 0. The summed E-state index contributed by atoms with van der Waals surface area (Å²) >= 11 is 1.93. The molecule has 0 atom stereocenters. The molecule has 0 radical (unpaired) electrons. The van der Waals surface area contributed by atoms with E-state index in [9.17, 15) is 0 Å².